The van der Waals surface area contributed by atoms with Gasteiger partial charge in [-0.05, 0) is 58.8 Å². The predicted octanol–water partition coefficient (Wildman–Crippen LogP) is 13.0. The zero-order valence-electron chi connectivity index (χ0n) is 27.9. The van der Waals surface area contributed by atoms with Gasteiger partial charge in [0.25, 0.3) is 0 Å². The first-order chi connectivity index (χ1) is 25.8. The number of thiophene rings is 1. The summed E-state index contributed by atoms with van der Waals surface area (Å²) in [6.07, 6.45) is 0. The Bertz CT molecular complexity index is 3020. The van der Waals surface area contributed by atoms with Crippen LogP contribution in [0, 0.1) is 0 Å². The molecule has 0 amide bonds. The number of fused-ring (bicyclic) bond motifs is 7. The third-order valence-electron chi connectivity index (χ3n) is 10.2. The topological polar surface area (TPSA) is 41.9 Å². The summed E-state index contributed by atoms with van der Waals surface area (Å²) in [7, 11) is 0. The number of rotatable bonds is 4. The maximum absolute atomic E-state index is 5.11. The first-order valence-corrected chi connectivity index (χ1v) is 18.3. The Morgan fingerprint density at radius 2 is 1.04 bits per heavy atom. The minimum atomic E-state index is 0.642. The van der Waals surface area contributed by atoms with Crippen LogP contribution in [0.25, 0.3) is 87.0 Å². The first-order valence-electron chi connectivity index (χ1n) is 17.4. The summed E-state index contributed by atoms with van der Waals surface area (Å²) in [6, 6.07) is 60.4. The van der Waals surface area contributed by atoms with Crippen molar-refractivity contribution < 1.29 is 0 Å². The normalized spacial score (nSPS) is 12.2. The standard InChI is InChI=1S/C47H28N4S/c1-2-11-31(12-3-1)45-48-46(50-47(49-45)33-23-26-37-36-16-6-7-19-41(36)52-42(37)28-33)32-20-24-34(25-21-32)51-40-18-9-14-30-13-8-17-38(43(30)40)39-27-22-29-10-4-5-15-35(29)44(39)51/h1-28H. The lowest BCUT2D eigenvalue weighted by Crippen LogP contribution is -2.15. The molecule has 0 saturated carbocycles. The third kappa shape index (κ3) is 4.50. The molecule has 4 nitrogen and oxygen atoms in total. The van der Waals surface area contributed by atoms with Crippen LogP contribution in [0.1, 0.15) is 0 Å². The number of benzene rings is 8. The highest BCUT2D eigenvalue weighted by Crippen LogP contribution is 2.53. The van der Waals surface area contributed by atoms with Crippen molar-refractivity contribution in [1.82, 2.24) is 15.0 Å². The molecule has 0 bridgehead atoms. The van der Waals surface area contributed by atoms with Crippen molar-refractivity contribution in [3.05, 3.63) is 170 Å². The fraction of sp³-hybridized carbons (Fsp3) is 0. The molecule has 10 aromatic rings. The van der Waals surface area contributed by atoms with Crippen molar-refractivity contribution in [2.45, 2.75) is 0 Å². The fourth-order valence-corrected chi connectivity index (χ4v) is 8.95. The Hall–Kier alpha value is -6.69. The van der Waals surface area contributed by atoms with Crippen molar-refractivity contribution in [3.63, 3.8) is 0 Å². The largest absolute Gasteiger partial charge is 0.309 e. The van der Waals surface area contributed by atoms with Crippen molar-refractivity contribution >= 4 is 70.1 Å². The average Bonchev–Trinajstić information content (AvgIpc) is 3.59. The van der Waals surface area contributed by atoms with Crippen molar-refractivity contribution in [3.8, 4) is 45.3 Å². The molecule has 8 aromatic carbocycles. The lowest BCUT2D eigenvalue weighted by molar-refractivity contribution is 1.07. The summed E-state index contributed by atoms with van der Waals surface area (Å²) in [6.45, 7) is 0. The second kappa shape index (κ2) is 11.4. The average molecular weight is 681 g/mol. The van der Waals surface area contributed by atoms with Crippen LogP contribution in [0.2, 0.25) is 0 Å². The molecule has 0 spiro atoms. The van der Waals surface area contributed by atoms with Gasteiger partial charge < -0.3 is 4.90 Å². The highest BCUT2D eigenvalue weighted by atomic mass is 32.1. The van der Waals surface area contributed by atoms with Gasteiger partial charge in [0.1, 0.15) is 0 Å². The molecule has 1 aliphatic heterocycles. The predicted molar refractivity (Wildman–Crippen MR) is 218 cm³/mol. The van der Waals surface area contributed by atoms with Gasteiger partial charge in [-0.2, -0.15) is 0 Å². The molecular weight excluding hydrogens is 653 g/mol. The maximum atomic E-state index is 5.11. The molecule has 0 radical (unpaired) electrons. The molecule has 0 aliphatic carbocycles. The van der Waals surface area contributed by atoms with E-state index in [1.54, 1.807) is 11.3 Å². The second-order valence-corrected chi connectivity index (χ2v) is 14.3. The maximum Gasteiger partial charge on any atom is 0.164 e. The van der Waals surface area contributed by atoms with Gasteiger partial charge >= 0.3 is 0 Å². The van der Waals surface area contributed by atoms with Crippen LogP contribution in [0.4, 0.5) is 17.1 Å². The van der Waals surface area contributed by atoms with Gasteiger partial charge in [-0.1, -0.05) is 127 Å². The molecule has 3 heterocycles. The van der Waals surface area contributed by atoms with E-state index in [2.05, 4.69) is 157 Å². The van der Waals surface area contributed by atoms with Gasteiger partial charge in [0.05, 0.1) is 11.4 Å². The van der Waals surface area contributed by atoms with Crippen LogP contribution >= 0.6 is 11.3 Å². The number of hydrogen-bond donors (Lipinski definition) is 0. The summed E-state index contributed by atoms with van der Waals surface area (Å²) < 4.78 is 2.50. The molecule has 242 valence electrons. The molecule has 1 aliphatic rings. The van der Waals surface area contributed by atoms with E-state index in [4.69, 9.17) is 15.0 Å². The molecule has 52 heavy (non-hydrogen) atoms. The smallest absolute Gasteiger partial charge is 0.164 e. The van der Waals surface area contributed by atoms with E-state index in [0.717, 1.165) is 22.4 Å². The van der Waals surface area contributed by atoms with E-state index in [-0.39, 0.29) is 0 Å². The van der Waals surface area contributed by atoms with E-state index < -0.39 is 0 Å². The van der Waals surface area contributed by atoms with E-state index >= 15 is 0 Å². The SMILES string of the molecule is c1ccc(-c2nc(-c3ccc(N4c5c(ccc6ccccc56)-c5cccc6cccc4c56)cc3)nc(-c3ccc4c(c3)sc3ccccc34)n2)cc1. The van der Waals surface area contributed by atoms with Crippen molar-refractivity contribution in [2.24, 2.45) is 0 Å². The molecule has 5 heteroatoms. The number of nitrogens with zero attached hydrogens (tertiary/aromatic N) is 4. The van der Waals surface area contributed by atoms with E-state index in [9.17, 15) is 0 Å². The highest BCUT2D eigenvalue weighted by Gasteiger charge is 2.27. The van der Waals surface area contributed by atoms with Gasteiger partial charge in [0.15, 0.2) is 17.5 Å². The summed E-state index contributed by atoms with van der Waals surface area (Å²) >= 11 is 1.80. The van der Waals surface area contributed by atoms with Gasteiger partial charge in [-0.15, -0.1) is 11.3 Å². The van der Waals surface area contributed by atoms with Crippen LogP contribution in [0.15, 0.2) is 170 Å². The van der Waals surface area contributed by atoms with Crippen LogP contribution in [0.5, 0.6) is 0 Å². The van der Waals surface area contributed by atoms with Crippen LogP contribution in [0.3, 0.4) is 0 Å². The zero-order chi connectivity index (χ0) is 34.2. The molecule has 0 unspecified atom stereocenters. The monoisotopic (exact) mass is 680 g/mol. The van der Waals surface area contributed by atoms with E-state index in [1.807, 2.05) is 18.2 Å². The van der Waals surface area contributed by atoms with Crippen LogP contribution < -0.4 is 4.90 Å². The fourth-order valence-electron chi connectivity index (χ4n) is 7.81. The molecule has 0 saturated heterocycles. The van der Waals surface area contributed by atoms with Crippen LogP contribution in [-0.4, -0.2) is 15.0 Å². The molecule has 0 fully saturated rings. The van der Waals surface area contributed by atoms with Crippen LogP contribution in [-0.2, 0) is 0 Å². The summed E-state index contributed by atoms with van der Waals surface area (Å²) in [5.41, 5.74) is 8.81. The Morgan fingerprint density at radius 1 is 0.404 bits per heavy atom. The lowest BCUT2D eigenvalue weighted by atomic mass is 9.88. The Kier molecular flexibility index (Phi) is 6.39. The minimum Gasteiger partial charge on any atom is -0.309 e. The molecule has 0 N–H and O–H groups in total. The number of anilines is 3. The molecule has 11 rings (SSSR count). The summed E-state index contributed by atoms with van der Waals surface area (Å²) in [5.74, 6) is 1.96. The highest BCUT2D eigenvalue weighted by molar-refractivity contribution is 7.25. The van der Waals surface area contributed by atoms with Gasteiger partial charge in [0, 0.05) is 58.9 Å². The van der Waals surface area contributed by atoms with Gasteiger partial charge in [-0.3, -0.25) is 0 Å². The number of hydrogen-bond acceptors (Lipinski definition) is 5. The number of aromatic nitrogens is 3. The zero-order valence-corrected chi connectivity index (χ0v) is 28.7. The molecule has 2 aromatic heterocycles. The van der Waals surface area contributed by atoms with E-state index in [1.165, 1.54) is 64.2 Å². The lowest BCUT2D eigenvalue weighted by Gasteiger charge is -2.34. The van der Waals surface area contributed by atoms with Gasteiger partial charge in [-0.25, -0.2) is 15.0 Å². The first kappa shape index (κ1) is 29.1. The third-order valence-corrected chi connectivity index (χ3v) is 11.4. The van der Waals surface area contributed by atoms with E-state index in [0.29, 0.717) is 17.5 Å². The van der Waals surface area contributed by atoms with Gasteiger partial charge in [0.2, 0.25) is 0 Å². The van der Waals surface area contributed by atoms with Crippen molar-refractivity contribution in [1.29, 1.82) is 0 Å². The summed E-state index contributed by atoms with van der Waals surface area (Å²) in [4.78, 5) is 17.6. The Balaban J connectivity index is 1.07. The minimum absolute atomic E-state index is 0.642. The van der Waals surface area contributed by atoms with Crippen molar-refractivity contribution in [2.75, 3.05) is 4.90 Å². The Morgan fingerprint density at radius 3 is 1.87 bits per heavy atom. The molecular formula is C47H28N4S. The second-order valence-electron chi connectivity index (χ2n) is 13.2. The summed E-state index contributed by atoms with van der Waals surface area (Å²) in [5, 5.41) is 7.47. The quantitative estimate of drug-likeness (QED) is 0.186. The molecule has 0 atom stereocenters. The Labute approximate surface area is 303 Å².